The number of rotatable bonds is 5. The molecule has 3 rings (SSSR count). The third-order valence-electron chi connectivity index (χ3n) is 3.80. The Morgan fingerprint density at radius 3 is 2.28 bits per heavy atom. The van der Waals surface area contributed by atoms with Crippen LogP contribution in [0.5, 0.6) is 0 Å². The van der Waals surface area contributed by atoms with E-state index in [4.69, 9.17) is 4.74 Å². The molecular weight excluding hydrogens is 382 g/mol. The Morgan fingerprint density at radius 1 is 0.920 bits per heavy atom. The van der Waals surface area contributed by atoms with E-state index in [-0.39, 0.29) is 35.3 Å². The van der Waals surface area contributed by atoms with Gasteiger partial charge in [0.1, 0.15) is 0 Å². The maximum atomic E-state index is 12.5. The van der Waals surface area contributed by atoms with Gasteiger partial charge in [-0.3, -0.25) is 4.79 Å². The lowest BCUT2D eigenvalue weighted by Crippen LogP contribution is -3.00. The van der Waals surface area contributed by atoms with E-state index in [1.54, 1.807) is 36.0 Å². The zero-order chi connectivity index (χ0) is 16.9. The van der Waals surface area contributed by atoms with Gasteiger partial charge in [-0.25, -0.2) is 4.79 Å². The molecule has 0 atom stereocenters. The van der Waals surface area contributed by atoms with Gasteiger partial charge in [-0.2, -0.15) is 4.57 Å². The first-order valence-electron chi connectivity index (χ1n) is 7.85. The first kappa shape index (κ1) is 18.8. The van der Waals surface area contributed by atoms with E-state index in [0.717, 1.165) is 10.8 Å². The highest BCUT2D eigenvalue weighted by atomic mass is 79.9. The summed E-state index contributed by atoms with van der Waals surface area (Å²) in [6.07, 6.45) is 3.43. The van der Waals surface area contributed by atoms with Crippen LogP contribution in [0.2, 0.25) is 0 Å². The van der Waals surface area contributed by atoms with Crippen molar-refractivity contribution in [3.63, 3.8) is 0 Å². The smallest absolute Gasteiger partial charge is 0.338 e. The minimum absolute atomic E-state index is 0. The molecule has 0 fully saturated rings. The topological polar surface area (TPSA) is 47.2 Å². The van der Waals surface area contributed by atoms with Crippen LogP contribution < -0.4 is 21.5 Å². The molecule has 0 N–H and O–H groups in total. The molecule has 128 valence electrons. The van der Waals surface area contributed by atoms with Crippen LogP contribution in [0, 0.1) is 0 Å². The number of ether oxygens (including phenoxy) is 1. The van der Waals surface area contributed by atoms with Gasteiger partial charge in [0.2, 0.25) is 12.3 Å². The van der Waals surface area contributed by atoms with Crippen LogP contribution in [0.25, 0.3) is 10.8 Å². The van der Waals surface area contributed by atoms with Crippen LogP contribution in [-0.4, -0.2) is 18.4 Å². The van der Waals surface area contributed by atoms with Crippen LogP contribution in [0.4, 0.5) is 0 Å². The minimum Gasteiger partial charge on any atom is -1.00 e. The van der Waals surface area contributed by atoms with Gasteiger partial charge in [-0.05, 0) is 23.8 Å². The van der Waals surface area contributed by atoms with E-state index in [2.05, 4.69) is 0 Å². The molecule has 0 aliphatic rings. The van der Waals surface area contributed by atoms with E-state index >= 15 is 0 Å². The summed E-state index contributed by atoms with van der Waals surface area (Å²) in [6.45, 7) is 2.33. The van der Waals surface area contributed by atoms with Crippen molar-refractivity contribution in [2.24, 2.45) is 0 Å². The number of hydrogen-bond donors (Lipinski definition) is 0. The second-order valence-corrected chi connectivity index (χ2v) is 5.46. The molecule has 0 unspecified atom stereocenters. The van der Waals surface area contributed by atoms with Gasteiger partial charge in [0.15, 0.2) is 12.4 Å². The molecule has 0 spiro atoms. The molecule has 0 aliphatic carbocycles. The van der Waals surface area contributed by atoms with Crippen molar-refractivity contribution in [1.29, 1.82) is 0 Å². The van der Waals surface area contributed by atoms with Gasteiger partial charge >= 0.3 is 5.97 Å². The predicted octanol–water partition coefficient (Wildman–Crippen LogP) is 0.191. The molecule has 1 heterocycles. The van der Waals surface area contributed by atoms with E-state index < -0.39 is 0 Å². The fraction of sp³-hybridized carbons (Fsp3) is 0.150. The van der Waals surface area contributed by atoms with Crippen LogP contribution in [0.1, 0.15) is 27.6 Å². The van der Waals surface area contributed by atoms with Crippen LogP contribution in [0.3, 0.4) is 0 Å². The Bertz CT molecular complexity index is 891. The van der Waals surface area contributed by atoms with Gasteiger partial charge in [-0.15, -0.1) is 0 Å². The second kappa shape index (κ2) is 8.53. The molecule has 1 aromatic heterocycles. The lowest BCUT2D eigenvalue weighted by molar-refractivity contribution is -0.683. The third-order valence-corrected chi connectivity index (χ3v) is 3.80. The number of pyridine rings is 1. The number of benzene rings is 2. The van der Waals surface area contributed by atoms with Gasteiger partial charge in [-0.1, -0.05) is 36.4 Å². The molecule has 25 heavy (non-hydrogen) atoms. The van der Waals surface area contributed by atoms with E-state index in [0.29, 0.717) is 17.7 Å². The highest BCUT2D eigenvalue weighted by molar-refractivity contribution is 5.99. The van der Waals surface area contributed by atoms with Gasteiger partial charge in [0, 0.05) is 17.7 Å². The lowest BCUT2D eigenvalue weighted by Gasteiger charge is -2.03. The average molecular weight is 400 g/mol. The summed E-state index contributed by atoms with van der Waals surface area (Å²) in [6, 6.07) is 17.0. The SMILES string of the molecule is CCOC(=O)c1cc[n+](CC(=O)c2ccc3ccccc3c2)cc1.[Br-]. The number of hydrogen-bond acceptors (Lipinski definition) is 3. The minimum atomic E-state index is -0.356. The number of esters is 1. The molecule has 3 aromatic rings. The zero-order valence-corrected chi connectivity index (χ0v) is 15.4. The molecule has 0 saturated carbocycles. The van der Waals surface area contributed by atoms with Crippen molar-refractivity contribution in [3.8, 4) is 0 Å². The fourth-order valence-electron chi connectivity index (χ4n) is 2.53. The van der Waals surface area contributed by atoms with E-state index in [1.165, 1.54) is 0 Å². The first-order valence-corrected chi connectivity index (χ1v) is 7.85. The zero-order valence-electron chi connectivity index (χ0n) is 13.8. The molecule has 0 aliphatic heterocycles. The highest BCUT2D eigenvalue weighted by Crippen LogP contribution is 2.16. The van der Waals surface area contributed by atoms with Crippen LogP contribution in [0.15, 0.2) is 67.0 Å². The van der Waals surface area contributed by atoms with Crippen molar-refractivity contribution in [1.82, 2.24) is 0 Å². The van der Waals surface area contributed by atoms with Crippen molar-refractivity contribution in [3.05, 3.63) is 78.1 Å². The van der Waals surface area contributed by atoms with Crippen molar-refractivity contribution in [2.75, 3.05) is 6.61 Å². The number of aromatic nitrogens is 1. The summed E-state index contributed by atoms with van der Waals surface area (Å²) in [5.41, 5.74) is 1.15. The standard InChI is InChI=1S/C20H18NO3.BrH/c1-2-24-20(23)16-9-11-21(12-10-16)14-19(22)18-8-7-15-5-3-4-6-17(15)13-18;/h3-13H,2,14H2,1H3;1H/q+1;/p-1. The summed E-state index contributed by atoms with van der Waals surface area (Å²) in [5, 5.41) is 2.16. The lowest BCUT2D eigenvalue weighted by atomic mass is 10.0. The van der Waals surface area contributed by atoms with Crippen molar-refractivity contribution in [2.45, 2.75) is 13.5 Å². The molecule has 0 saturated heterocycles. The Balaban J connectivity index is 0.00000225. The summed E-state index contributed by atoms with van der Waals surface area (Å²) in [7, 11) is 0. The molecule has 2 aromatic carbocycles. The summed E-state index contributed by atoms with van der Waals surface area (Å²) >= 11 is 0. The van der Waals surface area contributed by atoms with E-state index in [9.17, 15) is 9.59 Å². The number of carbonyl (C=O) groups excluding carboxylic acids is 2. The third kappa shape index (κ3) is 4.51. The number of halogens is 1. The molecular formula is C20H18BrNO3. The molecule has 4 nitrogen and oxygen atoms in total. The molecule has 0 bridgehead atoms. The summed E-state index contributed by atoms with van der Waals surface area (Å²) in [5.74, 6) is -0.333. The number of carbonyl (C=O) groups is 2. The summed E-state index contributed by atoms with van der Waals surface area (Å²) < 4.78 is 6.69. The highest BCUT2D eigenvalue weighted by Gasteiger charge is 2.14. The Labute approximate surface area is 156 Å². The number of Topliss-reactive ketones (excluding diaryl/α,β-unsaturated/α-hetero) is 1. The van der Waals surface area contributed by atoms with Crippen LogP contribution >= 0.6 is 0 Å². The number of ketones is 1. The number of fused-ring (bicyclic) bond motifs is 1. The van der Waals surface area contributed by atoms with Crippen LogP contribution in [-0.2, 0) is 11.3 Å². The van der Waals surface area contributed by atoms with Gasteiger partial charge in [0.25, 0.3) is 0 Å². The molecule has 5 heteroatoms. The Hall–Kier alpha value is -2.53. The Kier molecular flexibility index (Phi) is 6.42. The monoisotopic (exact) mass is 399 g/mol. The van der Waals surface area contributed by atoms with Crippen molar-refractivity contribution >= 4 is 22.5 Å². The van der Waals surface area contributed by atoms with Crippen molar-refractivity contribution < 1.29 is 35.9 Å². The molecule has 0 radical (unpaired) electrons. The van der Waals surface area contributed by atoms with E-state index in [1.807, 2.05) is 42.5 Å². The first-order chi connectivity index (χ1) is 11.7. The summed E-state index contributed by atoms with van der Waals surface area (Å²) in [4.78, 5) is 24.1. The maximum Gasteiger partial charge on any atom is 0.338 e. The maximum absolute atomic E-state index is 12.5. The molecule has 0 amide bonds. The number of nitrogens with zero attached hydrogens (tertiary/aromatic N) is 1. The average Bonchev–Trinajstić information content (AvgIpc) is 2.62. The largest absolute Gasteiger partial charge is 1.00 e. The normalized spacial score (nSPS) is 10.1. The second-order valence-electron chi connectivity index (χ2n) is 5.46. The Morgan fingerprint density at radius 2 is 1.60 bits per heavy atom. The van der Waals surface area contributed by atoms with Gasteiger partial charge in [0.05, 0.1) is 12.2 Å². The van der Waals surface area contributed by atoms with Gasteiger partial charge < -0.3 is 21.7 Å². The predicted molar refractivity (Wildman–Crippen MR) is 90.9 cm³/mol. The fourth-order valence-corrected chi connectivity index (χ4v) is 2.53. The quantitative estimate of drug-likeness (QED) is 0.349.